The average molecular weight is 573 g/mol. The molecule has 0 spiro atoms. The molecule has 0 N–H and O–H groups in total. The molecular formula is C43H28N2. The summed E-state index contributed by atoms with van der Waals surface area (Å²) < 4.78 is 4.85. The summed E-state index contributed by atoms with van der Waals surface area (Å²) in [6, 6.07) is 58.0. The molecule has 2 nitrogen and oxygen atoms in total. The van der Waals surface area contributed by atoms with Gasteiger partial charge < -0.3 is 9.13 Å². The first-order valence-corrected chi connectivity index (χ1v) is 15.7. The molecule has 7 aromatic carbocycles. The van der Waals surface area contributed by atoms with E-state index >= 15 is 0 Å². The van der Waals surface area contributed by atoms with Gasteiger partial charge in [-0.15, -0.1) is 0 Å². The molecule has 1 aliphatic carbocycles. The minimum atomic E-state index is 1.01. The van der Waals surface area contributed by atoms with E-state index in [9.17, 15) is 0 Å². The molecular weight excluding hydrogens is 544 g/mol. The summed E-state index contributed by atoms with van der Waals surface area (Å²) in [6.45, 7) is 0. The van der Waals surface area contributed by atoms with Gasteiger partial charge in [0.1, 0.15) is 0 Å². The van der Waals surface area contributed by atoms with Crippen LogP contribution in [0.4, 0.5) is 0 Å². The van der Waals surface area contributed by atoms with Gasteiger partial charge in [-0.2, -0.15) is 0 Å². The maximum absolute atomic E-state index is 2.45. The Hall–Kier alpha value is -5.86. The fourth-order valence-corrected chi connectivity index (χ4v) is 7.70. The first-order valence-electron chi connectivity index (χ1n) is 15.7. The summed E-state index contributed by atoms with van der Waals surface area (Å²) in [5.74, 6) is 0. The van der Waals surface area contributed by atoms with E-state index in [2.05, 4.69) is 167 Å². The van der Waals surface area contributed by atoms with E-state index in [0.717, 1.165) is 6.42 Å². The molecule has 2 heterocycles. The van der Waals surface area contributed by atoms with Crippen molar-refractivity contribution in [3.63, 3.8) is 0 Å². The highest BCUT2D eigenvalue weighted by Gasteiger charge is 2.20. The quantitative estimate of drug-likeness (QED) is 0.199. The Kier molecular flexibility index (Phi) is 5.09. The van der Waals surface area contributed by atoms with Crippen molar-refractivity contribution < 1.29 is 0 Å². The SMILES string of the molecule is c1cc(-c2ccc3c4ccccc4n(-c4ccc5c(c4)-c4ccccc4C5)c3c2)cc(-n2c3ccccc3c3ccccc32)c1. The van der Waals surface area contributed by atoms with Gasteiger partial charge in [-0.05, 0) is 88.3 Å². The standard InChI is InChI=1S/C43H28N2/c1-2-13-34-30(10-1)24-31-20-22-33(27-39(31)34)45-42-19-8-5-16-37(42)38-23-21-29(26-43(38)45)28-11-9-12-32(25-28)44-40-17-6-3-14-35(40)36-15-4-7-18-41(36)44/h1-23,25-27H,24H2. The van der Waals surface area contributed by atoms with Crippen molar-refractivity contribution in [2.45, 2.75) is 6.42 Å². The molecule has 1 aliphatic rings. The summed E-state index contributed by atoms with van der Waals surface area (Å²) in [6.07, 6.45) is 1.01. The molecule has 45 heavy (non-hydrogen) atoms. The van der Waals surface area contributed by atoms with E-state index in [4.69, 9.17) is 0 Å². The molecule has 10 rings (SSSR count). The Labute approximate surface area is 261 Å². The van der Waals surface area contributed by atoms with Gasteiger partial charge in [0.15, 0.2) is 0 Å². The zero-order chi connectivity index (χ0) is 29.5. The molecule has 2 heteroatoms. The molecule has 0 radical (unpaired) electrons. The van der Waals surface area contributed by atoms with Crippen molar-refractivity contribution in [3.8, 4) is 33.6 Å². The third-order valence-corrected chi connectivity index (χ3v) is 9.73. The number of benzene rings is 7. The third-order valence-electron chi connectivity index (χ3n) is 9.73. The first kappa shape index (κ1) is 24.6. The van der Waals surface area contributed by atoms with Gasteiger partial charge >= 0.3 is 0 Å². The minimum Gasteiger partial charge on any atom is -0.309 e. The Morgan fingerprint density at radius 3 is 1.62 bits per heavy atom. The third kappa shape index (κ3) is 3.57. The molecule has 0 amide bonds. The van der Waals surface area contributed by atoms with E-state index in [1.807, 2.05) is 0 Å². The summed E-state index contributed by atoms with van der Waals surface area (Å²) in [5, 5.41) is 5.11. The topological polar surface area (TPSA) is 9.86 Å². The van der Waals surface area contributed by atoms with Crippen LogP contribution in [-0.2, 0) is 6.42 Å². The van der Waals surface area contributed by atoms with Crippen LogP contribution in [0.3, 0.4) is 0 Å². The molecule has 0 saturated heterocycles. The minimum absolute atomic E-state index is 1.01. The smallest absolute Gasteiger partial charge is 0.0547 e. The van der Waals surface area contributed by atoms with Crippen LogP contribution in [0.2, 0.25) is 0 Å². The highest BCUT2D eigenvalue weighted by atomic mass is 15.0. The Bertz CT molecular complexity index is 2580. The number of fused-ring (bicyclic) bond motifs is 9. The van der Waals surface area contributed by atoms with Gasteiger partial charge in [-0.3, -0.25) is 0 Å². The van der Waals surface area contributed by atoms with Crippen LogP contribution in [0.25, 0.3) is 77.2 Å². The van der Waals surface area contributed by atoms with Crippen molar-refractivity contribution in [1.29, 1.82) is 0 Å². The second-order valence-electron chi connectivity index (χ2n) is 12.2. The zero-order valence-corrected chi connectivity index (χ0v) is 24.6. The summed E-state index contributed by atoms with van der Waals surface area (Å²) >= 11 is 0. The van der Waals surface area contributed by atoms with Crippen LogP contribution in [0.5, 0.6) is 0 Å². The number of para-hydroxylation sites is 3. The van der Waals surface area contributed by atoms with E-state index in [1.54, 1.807) is 0 Å². The fraction of sp³-hybridized carbons (Fsp3) is 0.0233. The molecule has 0 fully saturated rings. The highest BCUT2D eigenvalue weighted by molar-refractivity contribution is 6.11. The van der Waals surface area contributed by atoms with E-state index in [0.29, 0.717) is 0 Å². The van der Waals surface area contributed by atoms with Gasteiger partial charge in [-0.25, -0.2) is 0 Å². The molecule has 210 valence electrons. The predicted octanol–water partition coefficient (Wildman–Crippen LogP) is 11.1. The lowest BCUT2D eigenvalue weighted by Gasteiger charge is -2.12. The van der Waals surface area contributed by atoms with Crippen LogP contribution in [0.1, 0.15) is 11.1 Å². The monoisotopic (exact) mass is 572 g/mol. The van der Waals surface area contributed by atoms with Gasteiger partial charge in [0.2, 0.25) is 0 Å². The van der Waals surface area contributed by atoms with Crippen molar-refractivity contribution in [2.24, 2.45) is 0 Å². The van der Waals surface area contributed by atoms with Gasteiger partial charge in [-0.1, -0.05) is 109 Å². The average Bonchev–Trinajstić information content (AvgIpc) is 3.75. The largest absolute Gasteiger partial charge is 0.309 e. The van der Waals surface area contributed by atoms with Crippen LogP contribution >= 0.6 is 0 Å². The molecule has 0 aliphatic heterocycles. The lowest BCUT2D eigenvalue weighted by molar-refractivity contribution is 1.17. The second-order valence-corrected chi connectivity index (χ2v) is 12.2. The van der Waals surface area contributed by atoms with Crippen molar-refractivity contribution in [2.75, 3.05) is 0 Å². The number of hydrogen-bond donors (Lipinski definition) is 0. The Balaban J connectivity index is 1.17. The first-order chi connectivity index (χ1) is 22.3. The molecule has 2 aromatic heterocycles. The van der Waals surface area contributed by atoms with E-state index in [-0.39, 0.29) is 0 Å². The normalized spacial score (nSPS) is 12.4. The second kappa shape index (κ2) is 9.32. The maximum Gasteiger partial charge on any atom is 0.0547 e. The number of hydrogen-bond acceptors (Lipinski definition) is 0. The van der Waals surface area contributed by atoms with Gasteiger partial charge in [0, 0.05) is 32.9 Å². The summed E-state index contributed by atoms with van der Waals surface area (Å²) in [7, 11) is 0. The number of rotatable bonds is 3. The number of nitrogens with zero attached hydrogens (tertiary/aromatic N) is 2. The van der Waals surface area contributed by atoms with Gasteiger partial charge in [0.05, 0.1) is 22.1 Å². The fourth-order valence-electron chi connectivity index (χ4n) is 7.70. The van der Waals surface area contributed by atoms with Crippen LogP contribution in [0.15, 0.2) is 158 Å². The van der Waals surface area contributed by atoms with Crippen LogP contribution in [-0.4, -0.2) is 9.13 Å². The molecule has 9 aromatic rings. The lowest BCUT2D eigenvalue weighted by atomic mass is 10.0. The summed E-state index contributed by atoms with van der Waals surface area (Å²) in [5.41, 5.74) is 15.2. The maximum atomic E-state index is 2.45. The predicted molar refractivity (Wildman–Crippen MR) is 189 cm³/mol. The van der Waals surface area contributed by atoms with Gasteiger partial charge in [0.25, 0.3) is 0 Å². The van der Waals surface area contributed by atoms with Crippen molar-refractivity contribution in [3.05, 3.63) is 169 Å². The van der Waals surface area contributed by atoms with E-state index in [1.165, 1.54) is 88.4 Å². The Morgan fingerprint density at radius 1 is 0.333 bits per heavy atom. The zero-order valence-electron chi connectivity index (χ0n) is 24.6. The van der Waals surface area contributed by atoms with Crippen LogP contribution < -0.4 is 0 Å². The van der Waals surface area contributed by atoms with Crippen molar-refractivity contribution >= 4 is 43.6 Å². The Morgan fingerprint density at radius 2 is 0.889 bits per heavy atom. The van der Waals surface area contributed by atoms with Crippen LogP contribution in [0, 0.1) is 0 Å². The molecule has 0 bridgehead atoms. The van der Waals surface area contributed by atoms with Crippen molar-refractivity contribution in [1.82, 2.24) is 9.13 Å². The van der Waals surface area contributed by atoms with E-state index < -0.39 is 0 Å². The number of aromatic nitrogens is 2. The molecule has 0 unspecified atom stereocenters. The molecule has 0 saturated carbocycles. The summed E-state index contributed by atoms with van der Waals surface area (Å²) in [4.78, 5) is 0. The highest BCUT2D eigenvalue weighted by Crippen LogP contribution is 2.41. The molecule has 0 atom stereocenters. The lowest BCUT2D eigenvalue weighted by Crippen LogP contribution is -1.96.